The monoisotopic (exact) mass is 634 g/mol. The number of ether oxygens (including phenoxy) is 1. The number of halogens is 1. The molecular weight excluding hydrogens is 594 g/mol. The standard InChI is InChI=1S/C37H40BFN4O4/c1-4-26(37(45)41-13-9-17-43-18-12-38-23-43)35(44)28-21-30(39)34(40-14-19-42-15-7-8-16-42)36(25(28)3)47-32-22-29-27-10-5-6-11-31(27)46-33(29)20-24(32)2/h4-6,10-12,18,20-23,40H,7-9,13-17,19H2,1-3H3,(H,41,45)/b26-4+. The van der Waals surface area contributed by atoms with E-state index in [0.29, 0.717) is 30.8 Å². The normalized spacial score (nSPS) is 13.7. The van der Waals surface area contributed by atoms with Gasteiger partial charge in [0.2, 0.25) is 0 Å². The summed E-state index contributed by atoms with van der Waals surface area (Å²) >= 11 is 0. The summed E-state index contributed by atoms with van der Waals surface area (Å²) in [6.07, 6.45) is 8.42. The first-order valence-electron chi connectivity index (χ1n) is 16.3. The van der Waals surface area contributed by atoms with Crippen LogP contribution in [0.3, 0.4) is 0 Å². The van der Waals surface area contributed by atoms with Crippen LogP contribution in [0.25, 0.3) is 21.9 Å². The predicted octanol–water partition coefficient (Wildman–Crippen LogP) is 7.12. The maximum atomic E-state index is 16.1. The van der Waals surface area contributed by atoms with Gasteiger partial charge >= 0.3 is 130 Å². The molecule has 2 aromatic heterocycles. The average Bonchev–Trinajstić information content (AvgIpc) is 3.85. The Kier molecular flexibility index (Phi) is 9.87. The van der Waals surface area contributed by atoms with Crippen molar-refractivity contribution >= 4 is 46.2 Å². The zero-order valence-corrected chi connectivity index (χ0v) is 27.2. The van der Waals surface area contributed by atoms with Crippen LogP contribution in [-0.2, 0) is 11.3 Å². The fraction of sp³-hybridized carbons (Fsp3) is 0.324. The van der Waals surface area contributed by atoms with Crippen LogP contribution in [0.4, 0.5) is 10.1 Å². The zero-order chi connectivity index (χ0) is 32.9. The second-order valence-electron chi connectivity index (χ2n) is 12.1. The summed E-state index contributed by atoms with van der Waals surface area (Å²) in [4.78, 5) is 29.4. The third kappa shape index (κ3) is 7.03. The summed E-state index contributed by atoms with van der Waals surface area (Å²) in [6, 6.07) is 12.8. The molecule has 5 aromatic rings. The van der Waals surface area contributed by atoms with E-state index in [0.717, 1.165) is 66.5 Å². The minimum absolute atomic E-state index is 0.0448. The van der Waals surface area contributed by atoms with Gasteiger partial charge < -0.3 is 19.4 Å². The molecule has 1 amide bonds. The molecule has 242 valence electrons. The fourth-order valence-corrected chi connectivity index (χ4v) is 6.26. The van der Waals surface area contributed by atoms with E-state index in [2.05, 4.69) is 15.5 Å². The predicted molar refractivity (Wildman–Crippen MR) is 185 cm³/mol. The van der Waals surface area contributed by atoms with Crippen LogP contribution < -0.4 is 15.4 Å². The number of ketones is 1. The van der Waals surface area contributed by atoms with Crippen molar-refractivity contribution in [2.24, 2.45) is 0 Å². The number of likely N-dealkylation sites (tertiary alicyclic amines) is 1. The number of furan rings is 1. The van der Waals surface area contributed by atoms with Gasteiger partial charge in [-0.3, -0.25) is 0 Å². The molecule has 0 atom stereocenters. The van der Waals surface area contributed by atoms with E-state index in [1.54, 1.807) is 13.8 Å². The number of nitrogens with zero attached hydrogens (tertiary/aromatic N) is 2. The summed E-state index contributed by atoms with van der Waals surface area (Å²) in [5.41, 5.74) is 2.94. The number of aromatic nitrogens is 1. The summed E-state index contributed by atoms with van der Waals surface area (Å²) in [7, 11) is 0. The van der Waals surface area contributed by atoms with Crippen LogP contribution in [0.5, 0.6) is 11.5 Å². The van der Waals surface area contributed by atoms with E-state index in [4.69, 9.17) is 9.15 Å². The van der Waals surface area contributed by atoms with Gasteiger partial charge in [0, 0.05) is 23.9 Å². The SMILES string of the molecule is C/C=C(/C(=O)NCCCn1cbcc1)C(=O)c1cc(F)c(NCCN2CCCC2)c(Oc2cc3c(cc2C)oc2ccccc23)c1C. The van der Waals surface area contributed by atoms with E-state index in [-0.39, 0.29) is 22.6 Å². The molecule has 0 unspecified atom stereocenters. The first kappa shape index (κ1) is 32.3. The summed E-state index contributed by atoms with van der Waals surface area (Å²) in [5.74, 6) is 1.01. The Balaban J connectivity index is 1.30. The van der Waals surface area contributed by atoms with Gasteiger partial charge in [-0.15, -0.1) is 0 Å². The van der Waals surface area contributed by atoms with Crippen molar-refractivity contribution in [3.05, 3.63) is 94.9 Å². The van der Waals surface area contributed by atoms with Crippen molar-refractivity contribution in [1.82, 2.24) is 14.8 Å². The molecule has 0 saturated carbocycles. The number of hydrogen-bond donors (Lipinski definition) is 2. The number of anilines is 1. The third-order valence-electron chi connectivity index (χ3n) is 8.86. The molecular formula is C37H40BFN4O4. The molecule has 3 heterocycles. The topological polar surface area (TPSA) is 88.7 Å². The Labute approximate surface area is 274 Å². The molecule has 0 radical (unpaired) electrons. The fourth-order valence-electron chi connectivity index (χ4n) is 6.26. The van der Waals surface area contributed by atoms with Crippen LogP contribution in [0.1, 0.15) is 47.7 Å². The molecule has 8 nitrogen and oxygen atoms in total. The Morgan fingerprint density at radius 2 is 1.85 bits per heavy atom. The Morgan fingerprint density at radius 1 is 1.04 bits per heavy atom. The van der Waals surface area contributed by atoms with E-state index < -0.39 is 17.5 Å². The van der Waals surface area contributed by atoms with E-state index in [1.165, 1.54) is 12.1 Å². The second kappa shape index (κ2) is 14.4. The first-order valence-corrected chi connectivity index (χ1v) is 16.3. The third-order valence-corrected chi connectivity index (χ3v) is 8.86. The number of carbonyl (C=O) groups excluding carboxylic acids is 2. The number of hydrogen-bond acceptors (Lipinski definition) is 6. The van der Waals surface area contributed by atoms with Crippen LogP contribution in [0, 0.1) is 19.7 Å². The van der Waals surface area contributed by atoms with E-state index >= 15 is 4.39 Å². The molecule has 1 aliphatic heterocycles. The minimum atomic E-state index is -0.620. The van der Waals surface area contributed by atoms with Crippen molar-refractivity contribution in [3.63, 3.8) is 0 Å². The Bertz CT molecular complexity index is 1940. The van der Waals surface area contributed by atoms with Gasteiger partial charge in [-0.25, -0.2) is 4.39 Å². The molecule has 0 aliphatic carbocycles. The van der Waals surface area contributed by atoms with Gasteiger partial charge in [0.05, 0.1) is 0 Å². The van der Waals surface area contributed by atoms with Crippen molar-refractivity contribution in [1.29, 1.82) is 0 Å². The molecule has 1 fully saturated rings. The van der Waals surface area contributed by atoms with Gasteiger partial charge in [-0.05, 0) is 56.6 Å². The quantitative estimate of drug-likeness (QED) is 0.0472. The van der Waals surface area contributed by atoms with E-state index in [9.17, 15) is 9.59 Å². The molecule has 47 heavy (non-hydrogen) atoms. The van der Waals surface area contributed by atoms with E-state index in [1.807, 2.05) is 73.1 Å². The second-order valence-corrected chi connectivity index (χ2v) is 12.1. The van der Waals surface area contributed by atoms with Gasteiger partial charge in [0.1, 0.15) is 22.6 Å². The molecule has 10 heteroatoms. The number of allylic oxidation sites excluding steroid dienone is 1. The van der Waals surface area contributed by atoms with Crippen LogP contribution in [0.15, 0.2) is 76.8 Å². The number of rotatable bonds is 13. The van der Waals surface area contributed by atoms with Crippen molar-refractivity contribution in [2.75, 3.05) is 38.0 Å². The van der Waals surface area contributed by atoms with Crippen molar-refractivity contribution in [2.45, 2.75) is 46.6 Å². The summed E-state index contributed by atoms with van der Waals surface area (Å²) in [5, 5.41) is 7.93. The number of carbonyl (C=O) groups is 2. The van der Waals surface area contributed by atoms with Crippen LogP contribution in [0.2, 0.25) is 0 Å². The number of aryl methyl sites for hydroxylation is 2. The molecule has 0 spiro atoms. The molecule has 6 rings (SSSR count). The summed E-state index contributed by atoms with van der Waals surface area (Å²) < 4.78 is 30.7. The number of Topliss-reactive ketones (excluding diaryl/α,β-unsaturated/α-hetero) is 1. The van der Waals surface area contributed by atoms with Gasteiger partial charge in [0.25, 0.3) is 0 Å². The average molecular weight is 635 g/mol. The maximum absolute atomic E-state index is 16.1. The molecule has 0 bridgehead atoms. The zero-order valence-electron chi connectivity index (χ0n) is 27.2. The number of fused-ring (bicyclic) bond motifs is 3. The van der Waals surface area contributed by atoms with Crippen LogP contribution >= 0.6 is 0 Å². The summed E-state index contributed by atoms with van der Waals surface area (Å²) in [6.45, 7) is 11.7. The Morgan fingerprint density at radius 3 is 2.62 bits per heavy atom. The Hall–Kier alpha value is -4.70. The molecule has 1 aliphatic rings. The number of para-hydroxylation sites is 1. The van der Waals surface area contributed by atoms with Gasteiger partial charge in [-0.1, -0.05) is 18.2 Å². The van der Waals surface area contributed by atoms with Crippen LogP contribution in [-0.4, -0.2) is 60.8 Å². The van der Waals surface area contributed by atoms with Crippen molar-refractivity contribution < 1.29 is 23.1 Å². The molecule has 2 N–H and O–H groups in total. The molecule has 1 saturated heterocycles. The van der Waals surface area contributed by atoms with Crippen molar-refractivity contribution in [3.8, 4) is 11.5 Å². The van der Waals surface area contributed by atoms with Gasteiger partial charge in [-0.2, -0.15) is 0 Å². The first-order chi connectivity index (χ1) is 22.8. The number of nitrogens with one attached hydrogen (secondary N) is 2. The number of amides is 1. The molecule has 3 aromatic carbocycles. The number of benzene rings is 3. The van der Waals surface area contributed by atoms with Gasteiger partial charge in [0.15, 0.2) is 0 Å².